The van der Waals surface area contributed by atoms with Gasteiger partial charge in [0.2, 0.25) is 11.8 Å². The van der Waals surface area contributed by atoms with E-state index in [2.05, 4.69) is 50.2 Å². The number of nitrogens with zero attached hydrogens (tertiary/aromatic N) is 2. The molecule has 2 fully saturated rings. The number of aliphatic hydroxyl groups excluding tert-OH is 1. The van der Waals surface area contributed by atoms with Crippen molar-refractivity contribution in [2.75, 3.05) is 44.7 Å². The molecule has 0 bridgehead atoms. The maximum atomic E-state index is 13.0. The van der Waals surface area contributed by atoms with Gasteiger partial charge in [-0.15, -0.1) is 11.3 Å². The van der Waals surface area contributed by atoms with Gasteiger partial charge in [-0.3, -0.25) is 14.5 Å². The summed E-state index contributed by atoms with van der Waals surface area (Å²) in [7, 11) is 0. The molecule has 1 unspecified atom stereocenters. The van der Waals surface area contributed by atoms with Gasteiger partial charge < -0.3 is 20.5 Å². The number of thiazole rings is 1. The Morgan fingerprint density at radius 1 is 1.30 bits per heavy atom. The van der Waals surface area contributed by atoms with Crippen LogP contribution in [0.15, 0.2) is 0 Å². The molecule has 2 aliphatic carbocycles. The summed E-state index contributed by atoms with van der Waals surface area (Å²) in [5, 5.41) is 18.4. The molecule has 8 nitrogen and oxygen atoms in total. The Balaban J connectivity index is 1.40. The van der Waals surface area contributed by atoms with Crippen LogP contribution in [0.25, 0.3) is 0 Å². The summed E-state index contributed by atoms with van der Waals surface area (Å²) in [5.74, 6) is -0.211. The number of anilines is 1. The Morgan fingerprint density at radius 2 is 2.00 bits per heavy atom. The SMILES string of the molecule is C[C@H](C(=O)NCCN1CCOCC1)C1CC[C@@]2(C)Cc3sc(NC(=O)CC(C)(C)C)nc3[C@@H](C)[C@@H]2[C@H]1O. The molecule has 9 heteroatoms. The monoisotopic (exact) mass is 534 g/mol. The minimum Gasteiger partial charge on any atom is -0.392 e. The first-order valence-corrected chi connectivity index (χ1v) is 14.7. The lowest BCUT2D eigenvalue weighted by Gasteiger charge is -2.53. The average Bonchev–Trinajstić information content (AvgIpc) is 3.19. The van der Waals surface area contributed by atoms with Crippen LogP contribution >= 0.6 is 11.3 Å². The van der Waals surface area contributed by atoms with E-state index >= 15 is 0 Å². The first kappa shape index (κ1) is 28.5. The Labute approximate surface area is 225 Å². The minimum absolute atomic E-state index is 0.0107. The van der Waals surface area contributed by atoms with Crippen molar-refractivity contribution in [1.29, 1.82) is 0 Å². The van der Waals surface area contributed by atoms with Gasteiger partial charge in [-0.1, -0.05) is 41.5 Å². The molecular weight excluding hydrogens is 488 g/mol. The molecule has 2 amide bonds. The number of carbonyl (C=O) groups is 2. The highest BCUT2D eigenvalue weighted by Crippen LogP contribution is 2.57. The topological polar surface area (TPSA) is 104 Å². The smallest absolute Gasteiger partial charge is 0.226 e. The van der Waals surface area contributed by atoms with Crippen LogP contribution in [-0.2, 0) is 20.7 Å². The van der Waals surface area contributed by atoms with Crippen LogP contribution in [0.4, 0.5) is 5.13 Å². The fourth-order valence-electron chi connectivity index (χ4n) is 6.76. The van der Waals surface area contributed by atoms with Gasteiger partial charge >= 0.3 is 0 Å². The van der Waals surface area contributed by atoms with E-state index in [0.717, 1.165) is 57.8 Å². The van der Waals surface area contributed by atoms with Crippen LogP contribution in [0.1, 0.15) is 77.3 Å². The second kappa shape index (κ2) is 11.3. The largest absolute Gasteiger partial charge is 0.392 e. The van der Waals surface area contributed by atoms with Gasteiger partial charge in [0.15, 0.2) is 5.13 Å². The van der Waals surface area contributed by atoms with Gasteiger partial charge in [0, 0.05) is 49.3 Å². The van der Waals surface area contributed by atoms with E-state index < -0.39 is 6.10 Å². The Morgan fingerprint density at radius 3 is 2.68 bits per heavy atom. The molecule has 1 saturated heterocycles. The quantitative estimate of drug-likeness (QED) is 0.493. The molecule has 3 aliphatic rings. The third-order valence-corrected chi connectivity index (χ3v) is 9.73. The number of nitrogens with one attached hydrogen (secondary N) is 2. The summed E-state index contributed by atoms with van der Waals surface area (Å²) in [6.45, 7) is 17.3. The van der Waals surface area contributed by atoms with Crippen molar-refractivity contribution in [1.82, 2.24) is 15.2 Å². The number of fused-ring (bicyclic) bond motifs is 2. The lowest BCUT2D eigenvalue weighted by atomic mass is 9.53. The van der Waals surface area contributed by atoms with Gasteiger partial charge in [0.05, 0.1) is 25.0 Å². The number of amides is 2. The highest BCUT2D eigenvalue weighted by molar-refractivity contribution is 7.15. The highest BCUT2D eigenvalue weighted by atomic mass is 32.1. The van der Waals surface area contributed by atoms with Crippen LogP contribution < -0.4 is 10.6 Å². The molecule has 4 rings (SSSR count). The van der Waals surface area contributed by atoms with Crippen molar-refractivity contribution in [3.8, 4) is 0 Å². The molecule has 37 heavy (non-hydrogen) atoms. The van der Waals surface area contributed by atoms with E-state index in [4.69, 9.17) is 9.72 Å². The Bertz CT molecular complexity index is 970. The Hall–Kier alpha value is -1.55. The average molecular weight is 535 g/mol. The molecule has 2 heterocycles. The zero-order valence-corrected chi connectivity index (χ0v) is 24.2. The van der Waals surface area contributed by atoms with E-state index in [1.165, 1.54) is 4.88 Å². The Kier molecular flexibility index (Phi) is 8.68. The standard InChI is InChI=1S/C28H46N4O4S/c1-17(25(35)29-9-10-32-11-13-36-14-12-32)19-7-8-28(6)15-20-23(18(2)22(28)24(19)34)31-26(37-20)30-21(33)16-27(3,4)5/h17-19,22,24,34H,7-16H2,1-6H3,(H,29,35)(H,30,31,33)/t17-,18-,19?,22+,24-,28-/m0/s1. The second-order valence-electron chi connectivity index (χ2n) is 13.0. The van der Waals surface area contributed by atoms with E-state index in [0.29, 0.717) is 18.1 Å². The number of hydrogen-bond donors (Lipinski definition) is 3. The van der Waals surface area contributed by atoms with Crippen molar-refractivity contribution in [2.24, 2.45) is 28.6 Å². The van der Waals surface area contributed by atoms with Crippen LogP contribution in [0.3, 0.4) is 0 Å². The molecule has 0 radical (unpaired) electrons. The molecule has 1 saturated carbocycles. The maximum absolute atomic E-state index is 13.0. The zero-order chi connectivity index (χ0) is 27.0. The van der Waals surface area contributed by atoms with Gasteiger partial charge in [0.1, 0.15) is 0 Å². The highest BCUT2D eigenvalue weighted by Gasteiger charge is 2.53. The predicted molar refractivity (Wildman–Crippen MR) is 147 cm³/mol. The van der Waals surface area contributed by atoms with Crippen LogP contribution in [0.2, 0.25) is 0 Å². The molecule has 3 N–H and O–H groups in total. The third-order valence-electron chi connectivity index (χ3n) is 8.75. The van der Waals surface area contributed by atoms with Gasteiger partial charge in [-0.05, 0) is 41.9 Å². The fraction of sp³-hybridized carbons (Fsp3) is 0.821. The second-order valence-corrected chi connectivity index (χ2v) is 14.1. The van der Waals surface area contributed by atoms with Crippen molar-refractivity contribution < 1.29 is 19.4 Å². The molecular formula is C28H46N4O4S. The number of aliphatic hydroxyl groups is 1. The van der Waals surface area contributed by atoms with Gasteiger partial charge in [-0.2, -0.15) is 0 Å². The van der Waals surface area contributed by atoms with Crippen LogP contribution in [0.5, 0.6) is 0 Å². The van der Waals surface area contributed by atoms with Gasteiger partial charge in [0.25, 0.3) is 0 Å². The number of carbonyl (C=O) groups excluding carboxylic acids is 2. The summed E-state index contributed by atoms with van der Waals surface area (Å²) in [5.41, 5.74) is 0.871. The number of morpholine rings is 1. The summed E-state index contributed by atoms with van der Waals surface area (Å²) >= 11 is 1.58. The summed E-state index contributed by atoms with van der Waals surface area (Å²) in [6, 6.07) is 0. The third kappa shape index (κ3) is 6.54. The molecule has 208 valence electrons. The fourth-order valence-corrected chi connectivity index (χ4v) is 8.04. The molecule has 0 aromatic carbocycles. The lowest BCUT2D eigenvalue weighted by Crippen LogP contribution is -2.53. The van der Waals surface area contributed by atoms with E-state index in [9.17, 15) is 14.7 Å². The predicted octanol–water partition coefficient (Wildman–Crippen LogP) is 3.66. The molecule has 6 atom stereocenters. The van der Waals surface area contributed by atoms with E-state index in [-0.39, 0.29) is 46.3 Å². The van der Waals surface area contributed by atoms with Crippen molar-refractivity contribution in [3.05, 3.63) is 10.6 Å². The summed E-state index contributed by atoms with van der Waals surface area (Å²) in [4.78, 5) is 33.9. The zero-order valence-electron chi connectivity index (χ0n) is 23.4. The van der Waals surface area contributed by atoms with Crippen LogP contribution in [-0.4, -0.2) is 72.3 Å². The molecule has 0 spiro atoms. The summed E-state index contributed by atoms with van der Waals surface area (Å²) in [6.07, 6.45) is 2.54. The first-order chi connectivity index (χ1) is 17.4. The van der Waals surface area contributed by atoms with Crippen molar-refractivity contribution in [3.63, 3.8) is 0 Å². The number of ether oxygens (including phenoxy) is 1. The van der Waals surface area contributed by atoms with E-state index in [1.54, 1.807) is 11.3 Å². The number of hydrogen-bond acceptors (Lipinski definition) is 7. The first-order valence-electron chi connectivity index (χ1n) is 13.9. The van der Waals surface area contributed by atoms with Crippen molar-refractivity contribution in [2.45, 2.75) is 79.2 Å². The summed E-state index contributed by atoms with van der Waals surface area (Å²) < 4.78 is 5.39. The maximum Gasteiger partial charge on any atom is 0.226 e. The number of aromatic nitrogens is 1. The van der Waals surface area contributed by atoms with Crippen LogP contribution in [0, 0.1) is 28.6 Å². The number of rotatable bonds is 7. The molecule has 1 aliphatic heterocycles. The molecule has 1 aromatic rings. The van der Waals surface area contributed by atoms with Crippen molar-refractivity contribution >= 4 is 28.3 Å². The van der Waals surface area contributed by atoms with E-state index in [1.807, 2.05) is 6.92 Å². The minimum atomic E-state index is -0.567. The normalized spacial score (nSPS) is 31.2. The molecule has 1 aromatic heterocycles. The lowest BCUT2D eigenvalue weighted by molar-refractivity contribution is -0.134. The van der Waals surface area contributed by atoms with Gasteiger partial charge in [-0.25, -0.2) is 4.98 Å².